The fourth-order valence-corrected chi connectivity index (χ4v) is 2.37. The van der Waals surface area contributed by atoms with E-state index in [4.69, 9.17) is 5.73 Å². The second-order valence-electron chi connectivity index (χ2n) is 5.51. The Morgan fingerprint density at radius 3 is 2.26 bits per heavy atom. The number of halogens is 4. The van der Waals surface area contributed by atoms with Crippen LogP contribution in [0.15, 0.2) is 4.99 Å². The van der Waals surface area contributed by atoms with Gasteiger partial charge in [0.25, 0.3) is 0 Å². The monoisotopic (exact) mass is 391 g/mol. The Kier molecular flexibility index (Phi) is 5.76. The largest absolute Gasteiger partial charge is 0.396 e. The van der Waals surface area contributed by atoms with Crippen molar-refractivity contribution in [1.29, 1.82) is 0 Å². The number of nitrogens with one attached hydrogen (secondary N) is 1. The Hall–Kier alpha value is -0.210. The maximum absolute atomic E-state index is 12.9. The van der Waals surface area contributed by atoms with Gasteiger partial charge in [-0.2, -0.15) is 13.2 Å². The second-order valence-corrected chi connectivity index (χ2v) is 5.51. The number of aliphatic imine (C=N–C) groups is 1. The lowest BCUT2D eigenvalue weighted by atomic mass is 9.68. The maximum atomic E-state index is 12.9. The summed E-state index contributed by atoms with van der Waals surface area (Å²) in [5, 5.41) is 2.92. The molecular formula is C12H21F3IN3. The number of rotatable bonds is 4. The maximum Gasteiger partial charge on any atom is 0.396 e. The molecule has 0 aliphatic heterocycles. The summed E-state index contributed by atoms with van der Waals surface area (Å²) in [5.74, 6) is 0.761. The minimum atomic E-state index is -4.16. The minimum absolute atomic E-state index is 0. The van der Waals surface area contributed by atoms with E-state index in [-0.39, 0.29) is 49.3 Å². The van der Waals surface area contributed by atoms with Crippen LogP contribution in [-0.2, 0) is 0 Å². The van der Waals surface area contributed by atoms with Crippen molar-refractivity contribution in [3.05, 3.63) is 0 Å². The van der Waals surface area contributed by atoms with Crippen molar-refractivity contribution in [2.45, 2.75) is 44.7 Å². The summed E-state index contributed by atoms with van der Waals surface area (Å²) in [5.41, 5.74) is 3.99. The molecule has 2 saturated carbocycles. The quantitative estimate of drug-likeness (QED) is 0.440. The van der Waals surface area contributed by atoms with Crippen molar-refractivity contribution in [2.24, 2.45) is 22.1 Å². The van der Waals surface area contributed by atoms with Crippen LogP contribution in [0.25, 0.3) is 0 Å². The van der Waals surface area contributed by atoms with Gasteiger partial charge in [-0.15, -0.1) is 24.0 Å². The van der Waals surface area contributed by atoms with Gasteiger partial charge in [-0.1, -0.05) is 12.8 Å². The van der Waals surface area contributed by atoms with Crippen molar-refractivity contribution in [3.63, 3.8) is 0 Å². The number of guanidine groups is 1. The first kappa shape index (κ1) is 16.8. The van der Waals surface area contributed by atoms with E-state index in [1.165, 1.54) is 19.3 Å². The van der Waals surface area contributed by atoms with E-state index in [1.807, 2.05) is 0 Å². The fourth-order valence-electron chi connectivity index (χ4n) is 2.37. The molecule has 2 rings (SSSR count). The van der Waals surface area contributed by atoms with Crippen LogP contribution in [0.2, 0.25) is 0 Å². The average Bonchev–Trinajstić information content (AvgIpc) is 2.10. The van der Waals surface area contributed by atoms with Gasteiger partial charge in [0.1, 0.15) is 0 Å². The van der Waals surface area contributed by atoms with E-state index in [2.05, 4.69) is 10.3 Å². The first-order valence-corrected chi connectivity index (χ1v) is 6.53. The molecule has 2 aliphatic carbocycles. The van der Waals surface area contributed by atoms with Gasteiger partial charge in [0.15, 0.2) is 5.96 Å². The molecule has 0 bridgehead atoms. The fraction of sp³-hybridized carbons (Fsp3) is 0.917. The van der Waals surface area contributed by atoms with Crippen molar-refractivity contribution in [1.82, 2.24) is 5.32 Å². The summed E-state index contributed by atoms with van der Waals surface area (Å²) < 4.78 is 38.6. The van der Waals surface area contributed by atoms with Crippen LogP contribution in [0, 0.1) is 11.3 Å². The molecule has 7 heteroatoms. The minimum Gasteiger partial charge on any atom is -0.370 e. The van der Waals surface area contributed by atoms with Gasteiger partial charge in [0.05, 0.1) is 12.0 Å². The highest BCUT2D eigenvalue weighted by molar-refractivity contribution is 14.0. The SMILES string of the molecule is I.NC(=NCC1(C(F)(F)F)CCC1)NCC1CCC1. The highest BCUT2D eigenvalue weighted by atomic mass is 127. The van der Waals surface area contributed by atoms with Gasteiger partial charge in [-0.3, -0.25) is 4.99 Å². The number of nitrogens with two attached hydrogens (primary N) is 1. The summed E-state index contributed by atoms with van der Waals surface area (Å²) in [6.07, 6.45) is 0.402. The summed E-state index contributed by atoms with van der Waals surface area (Å²) in [4.78, 5) is 3.88. The van der Waals surface area contributed by atoms with E-state index in [1.54, 1.807) is 0 Å². The third-order valence-corrected chi connectivity index (χ3v) is 4.26. The average molecular weight is 391 g/mol. The Labute approximate surface area is 128 Å². The number of alkyl halides is 3. The third kappa shape index (κ3) is 3.88. The molecule has 2 aliphatic rings. The molecule has 0 radical (unpaired) electrons. The molecule has 0 atom stereocenters. The van der Waals surface area contributed by atoms with Crippen LogP contribution in [-0.4, -0.2) is 25.2 Å². The molecule has 2 fully saturated rings. The second kappa shape index (κ2) is 6.49. The topological polar surface area (TPSA) is 50.4 Å². The number of nitrogens with zero attached hydrogens (tertiary/aromatic N) is 1. The predicted octanol–water partition coefficient (Wildman–Crippen LogP) is 3.04. The normalized spacial score (nSPS) is 23.0. The van der Waals surface area contributed by atoms with Crippen molar-refractivity contribution >= 4 is 29.9 Å². The first-order chi connectivity index (χ1) is 8.43. The summed E-state index contributed by atoms with van der Waals surface area (Å²) in [6, 6.07) is 0. The van der Waals surface area contributed by atoms with E-state index in [0.717, 1.165) is 6.54 Å². The van der Waals surface area contributed by atoms with Crippen LogP contribution < -0.4 is 11.1 Å². The lowest BCUT2D eigenvalue weighted by Crippen LogP contribution is -2.47. The zero-order valence-electron chi connectivity index (χ0n) is 10.8. The molecule has 0 heterocycles. The van der Waals surface area contributed by atoms with Crippen molar-refractivity contribution < 1.29 is 13.2 Å². The molecule has 0 aromatic rings. The molecular weight excluding hydrogens is 370 g/mol. The lowest BCUT2D eigenvalue weighted by Gasteiger charge is -2.41. The van der Waals surface area contributed by atoms with E-state index in [0.29, 0.717) is 12.3 Å². The van der Waals surface area contributed by atoms with E-state index < -0.39 is 11.6 Å². The molecule has 3 N–H and O–H groups in total. The summed E-state index contributed by atoms with van der Waals surface area (Å²) in [6.45, 7) is 0.494. The van der Waals surface area contributed by atoms with Crippen LogP contribution in [0.4, 0.5) is 13.2 Å². The van der Waals surface area contributed by atoms with Crippen LogP contribution in [0.5, 0.6) is 0 Å². The summed E-state index contributed by atoms with van der Waals surface area (Å²) in [7, 11) is 0. The third-order valence-electron chi connectivity index (χ3n) is 4.26. The number of hydrogen-bond acceptors (Lipinski definition) is 1. The molecule has 0 spiro atoms. The highest BCUT2D eigenvalue weighted by Gasteiger charge is 2.58. The predicted molar refractivity (Wildman–Crippen MR) is 79.6 cm³/mol. The van der Waals surface area contributed by atoms with Crippen LogP contribution in [0.3, 0.4) is 0 Å². The Bertz CT molecular complexity index is 323. The zero-order chi connectivity index (χ0) is 13.2. The van der Waals surface area contributed by atoms with Gasteiger partial charge in [0.2, 0.25) is 0 Å². The van der Waals surface area contributed by atoms with Crippen molar-refractivity contribution in [2.75, 3.05) is 13.1 Å². The first-order valence-electron chi connectivity index (χ1n) is 6.53. The van der Waals surface area contributed by atoms with Crippen LogP contribution >= 0.6 is 24.0 Å². The van der Waals surface area contributed by atoms with Crippen molar-refractivity contribution in [3.8, 4) is 0 Å². The lowest BCUT2D eigenvalue weighted by molar-refractivity contribution is -0.245. The standard InChI is InChI=1S/C12H20F3N3.HI/c13-12(14,15)11(5-2-6-11)8-18-10(16)17-7-9-3-1-4-9;/h9H,1-8H2,(H3,16,17,18);1H. The van der Waals surface area contributed by atoms with Crippen LogP contribution in [0.1, 0.15) is 38.5 Å². The smallest absolute Gasteiger partial charge is 0.370 e. The van der Waals surface area contributed by atoms with Gasteiger partial charge in [-0.25, -0.2) is 0 Å². The Balaban J connectivity index is 0.00000180. The van der Waals surface area contributed by atoms with E-state index >= 15 is 0 Å². The Morgan fingerprint density at radius 2 is 1.89 bits per heavy atom. The molecule has 0 aromatic carbocycles. The molecule has 3 nitrogen and oxygen atoms in total. The molecule has 0 saturated heterocycles. The van der Waals surface area contributed by atoms with Gasteiger partial charge in [-0.05, 0) is 31.6 Å². The summed E-state index contributed by atoms with van der Waals surface area (Å²) >= 11 is 0. The number of hydrogen-bond donors (Lipinski definition) is 2. The van der Waals surface area contributed by atoms with Gasteiger partial charge in [0, 0.05) is 6.54 Å². The van der Waals surface area contributed by atoms with Gasteiger partial charge >= 0.3 is 6.18 Å². The molecule has 0 aromatic heterocycles. The van der Waals surface area contributed by atoms with E-state index in [9.17, 15) is 13.2 Å². The molecule has 0 unspecified atom stereocenters. The molecule has 0 amide bonds. The zero-order valence-corrected chi connectivity index (χ0v) is 13.1. The molecule has 19 heavy (non-hydrogen) atoms. The highest BCUT2D eigenvalue weighted by Crippen LogP contribution is 2.53. The molecule has 112 valence electrons. The van der Waals surface area contributed by atoms with Gasteiger partial charge < -0.3 is 11.1 Å². The Morgan fingerprint density at radius 1 is 1.26 bits per heavy atom.